The third kappa shape index (κ3) is 3.98. The Labute approximate surface area is 156 Å². The molecule has 0 unspecified atom stereocenters. The van der Waals surface area contributed by atoms with Crippen LogP contribution in [-0.2, 0) is 18.2 Å². The molecule has 0 saturated heterocycles. The molecule has 0 aliphatic carbocycles. The fraction of sp³-hybridized carbons (Fsp3) is 0.190. The largest absolute Gasteiger partial charge is 0.513 e. The van der Waals surface area contributed by atoms with Gasteiger partial charge in [0.1, 0.15) is 5.75 Å². The highest BCUT2D eigenvalue weighted by Gasteiger charge is 2.15. The number of hydrogen-bond acceptors (Lipinski definition) is 5. The van der Waals surface area contributed by atoms with Gasteiger partial charge in [-0.2, -0.15) is 5.26 Å². The van der Waals surface area contributed by atoms with Crippen molar-refractivity contribution < 1.29 is 19.1 Å². The number of aromatic nitrogens is 1. The molecule has 6 nitrogen and oxygen atoms in total. The lowest BCUT2D eigenvalue weighted by molar-refractivity contribution is 0.0984. The Kier molecular flexibility index (Phi) is 5.23. The lowest BCUT2D eigenvalue weighted by Crippen LogP contribution is -2.07. The summed E-state index contributed by atoms with van der Waals surface area (Å²) >= 11 is 0. The van der Waals surface area contributed by atoms with Crippen LogP contribution >= 0.6 is 0 Å². The number of carbonyl (C=O) groups excluding carboxylic acids is 2. The molecule has 3 rings (SSSR count). The average Bonchev–Trinajstić information content (AvgIpc) is 3.02. The van der Waals surface area contributed by atoms with Crippen LogP contribution in [-0.4, -0.2) is 23.6 Å². The second kappa shape index (κ2) is 7.75. The normalized spacial score (nSPS) is 10.4. The molecule has 0 bridgehead atoms. The van der Waals surface area contributed by atoms with E-state index in [0.29, 0.717) is 29.7 Å². The molecule has 0 amide bonds. The number of carbonyl (C=O) groups is 2. The first-order valence-electron chi connectivity index (χ1n) is 8.39. The lowest BCUT2D eigenvalue weighted by atomic mass is 10.0. The molecule has 2 aromatic carbocycles. The Bertz CT molecular complexity index is 1040. The van der Waals surface area contributed by atoms with Gasteiger partial charge in [-0.1, -0.05) is 12.1 Å². The third-order valence-electron chi connectivity index (χ3n) is 4.35. The molecular formula is C21H18N2O4. The molecule has 3 aromatic rings. The van der Waals surface area contributed by atoms with Crippen molar-refractivity contribution in [2.24, 2.45) is 7.05 Å². The predicted molar refractivity (Wildman–Crippen MR) is 99.8 cm³/mol. The zero-order valence-corrected chi connectivity index (χ0v) is 15.1. The molecule has 1 aromatic heterocycles. The van der Waals surface area contributed by atoms with E-state index in [9.17, 15) is 9.59 Å². The molecule has 0 fully saturated rings. The number of methoxy groups -OCH3 is 1. The van der Waals surface area contributed by atoms with Gasteiger partial charge in [-0.25, -0.2) is 4.79 Å². The maximum Gasteiger partial charge on any atom is 0.513 e. The highest BCUT2D eigenvalue weighted by Crippen LogP contribution is 2.26. The fourth-order valence-corrected chi connectivity index (χ4v) is 2.93. The highest BCUT2D eigenvalue weighted by molar-refractivity contribution is 6.08. The number of hydrogen-bond donors (Lipinski definition) is 0. The number of aryl methyl sites for hydroxylation is 2. The van der Waals surface area contributed by atoms with Gasteiger partial charge in [0, 0.05) is 36.7 Å². The summed E-state index contributed by atoms with van der Waals surface area (Å²) in [6.45, 7) is 0. The van der Waals surface area contributed by atoms with Crippen LogP contribution in [0.5, 0.6) is 5.75 Å². The summed E-state index contributed by atoms with van der Waals surface area (Å²) < 4.78 is 11.4. The van der Waals surface area contributed by atoms with Gasteiger partial charge in [0.2, 0.25) is 0 Å². The maximum absolute atomic E-state index is 12.7. The Hall–Kier alpha value is -3.59. The number of fused-ring (bicyclic) bond motifs is 1. The topological polar surface area (TPSA) is 81.3 Å². The molecule has 27 heavy (non-hydrogen) atoms. The highest BCUT2D eigenvalue weighted by atomic mass is 16.7. The molecule has 0 aliphatic rings. The second-order valence-electron chi connectivity index (χ2n) is 6.12. The Morgan fingerprint density at radius 3 is 2.56 bits per heavy atom. The molecule has 0 radical (unpaired) electrons. The van der Waals surface area contributed by atoms with Gasteiger partial charge < -0.3 is 14.0 Å². The summed E-state index contributed by atoms with van der Waals surface area (Å²) in [6, 6.07) is 14.4. The average molecular weight is 362 g/mol. The molecule has 0 atom stereocenters. The lowest BCUT2D eigenvalue weighted by Gasteiger charge is -2.04. The molecule has 136 valence electrons. The molecule has 0 spiro atoms. The zero-order valence-electron chi connectivity index (χ0n) is 15.1. The van der Waals surface area contributed by atoms with Crippen LogP contribution in [0.25, 0.3) is 10.9 Å². The SMILES string of the molecule is COC(=O)Oc1ccc2c(C(=O)CCc3ccc(C#N)cc3)cn(C)c2c1. The molecular weight excluding hydrogens is 344 g/mol. The molecule has 6 heteroatoms. The number of nitrogens with zero attached hydrogens (tertiary/aromatic N) is 2. The van der Waals surface area contributed by atoms with E-state index >= 15 is 0 Å². The van der Waals surface area contributed by atoms with Crippen molar-refractivity contribution in [2.45, 2.75) is 12.8 Å². The van der Waals surface area contributed by atoms with Crippen molar-refractivity contribution in [3.8, 4) is 11.8 Å². The van der Waals surface area contributed by atoms with E-state index in [1.54, 1.807) is 36.5 Å². The van der Waals surface area contributed by atoms with Crippen LogP contribution in [0.15, 0.2) is 48.7 Å². The van der Waals surface area contributed by atoms with Gasteiger partial charge >= 0.3 is 6.16 Å². The summed E-state index contributed by atoms with van der Waals surface area (Å²) in [5.41, 5.74) is 3.03. The van der Waals surface area contributed by atoms with Gasteiger partial charge in [0.25, 0.3) is 0 Å². The number of rotatable bonds is 5. The third-order valence-corrected chi connectivity index (χ3v) is 4.35. The summed E-state index contributed by atoms with van der Waals surface area (Å²) in [6.07, 6.45) is 1.96. The van der Waals surface area contributed by atoms with Gasteiger partial charge in [-0.15, -0.1) is 0 Å². The summed E-state index contributed by atoms with van der Waals surface area (Å²) in [4.78, 5) is 24.0. The molecule has 0 N–H and O–H groups in total. The van der Waals surface area contributed by atoms with Crippen LogP contribution < -0.4 is 4.74 Å². The van der Waals surface area contributed by atoms with Crippen LogP contribution in [0.3, 0.4) is 0 Å². The minimum absolute atomic E-state index is 0.0339. The Morgan fingerprint density at radius 1 is 1.15 bits per heavy atom. The predicted octanol–water partition coefficient (Wildman–Crippen LogP) is 4.01. The van der Waals surface area contributed by atoms with E-state index in [2.05, 4.69) is 10.8 Å². The van der Waals surface area contributed by atoms with Crippen LogP contribution in [0, 0.1) is 11.3 Å². The molecule has 0 saturated carbocycles. The number of ether oxygens (including phenoxy) is 2. The monoisotopic (exact) mass is 362 g/mol. The first-order chi connectivity index (χ1) is 13.0. The van der Waals surface area contributed by atoms with E-state index in [1.165, 1.54) is 7.11 Å². The van der Waals surface area contributed by atoms with E-state index in [1.807, 2.05) is 23.7 Å². The molecule has 1 heterocycles. The van der Waals surface area contributed by atoms with E-state index in [-0.39, 0.29) is 5.78 Å². The van der Waals surface area contributed by atoms with Crippen molar-refractivity contribution >= 4 is 22.8 Å². The fourth-order valence-electron chi connectivity index (χ4n) is 2.93. The minimum Gasteiger partial charge on any atom is -0.437 e. The van der Waals surface area contributed by atoms with Crippen LogP contribution in [0.1, 0.15) is 27.9 Å². The number of ketones is 1. The van der Waals surface area contributed by atoms with E-state index < -0.39 is 6.16 Å². The van der Waals surface area contributed by atoms with Gasteiger partial charge in [0.15, 0.2) is 5.78 Å². The van der Waals surface area contributed by atoms with Crippen LogP contribution in [0.4, 0.5) is 4.79 Å². The molecule has 0 aliphatic heterocycles. The van der Waals surface area contributed by atoms with Gasteiger partial charge in [-0.05, 0) is 36.2 Å². The summed E-state index contributed by atoms with van der Waals surface area (Å²) in [7, 11) is 3.08. The maximum atomic E-state index is 12.7. The standard InChI is InChI=1S/C21H18N2O4/c1-23-13-18(17-9-8-16(11-19(17)23)27-21(25)26-2)20(24)10-7-14-3-5-15(12-22)6-4-14/h3-6,8-9,11,13H,7,10H2,1-2H3. The van der Waals surface area contributed by atoms with Crippen molar-refractivity contribution in [1.82, 2.24) is 4.57 Å². The first-order valence-corrected chi connectivity index (χ1v) is 8.39. The summed E-state index contributed by atoms with van der Waals surface area (Å²) in [5, 5.41) is 9.64. The van der Waals surface area contributed by atoms with E-state index in [4.69, 9.17) is 10.00 Å². The number of nitriles is 1. The van der Waals surface area contributed by atoms with Crippen LogP contribution in [0.2, 0.25) is 0 Å². The van der Waals surface area contributed by atoms with Crippen molar-refractivity contribution in [1.29, 1.82) is 5.26 Å². The number of Topliss-reactive ketones (excluding diaryl/α,β-unsaturated/α-hetero) is 1. The zero-order chi connectivity index (χ0) is 19.4. The quantitative estimate of drug-likeness (QED) is 0.389. The summed E-state index contributed by atoms with van der Waals surface area (Å²) in [5.74, 6) is 0.388. The van der Waals surface area contributed by atoms with E-state index in [0.717, 1.165) is 16.5 Å². The van der Waals surface area contributed by atoms with Gasteiger partial charge in [0.05, 0.1) is 24.3 Å². The van der Waals surface area contributed by atoms with Crippen molar-refractivity contribution in [3.05, 3.63) is 65.4 Å². The minimum atomic E-state index is -0.790. The smallest absolute Gasteiger partial charge is 0.437 e. The van der Waals surface area contributed by atoms with Gasteiger partial charge in [-0.3, -0.25) is 4.79 Å². The Balaban J connectivity index is 1.78. The first kappa shape index (κ1) is 18.2. The Morgan fingerprint density at radius 2 is 1.89 bits per heavy atom. The van der Waals surface area contributed by atoms with Crippen molar-refractivity contribution in [2.75, 3.05) is 7.11 Å². The number of benzene rings is 2. The second-order valence-corrected chi connectivity index (χ2v) is 6.12. The van der Waals surface area contributed by atoms with Crippen molar-refractivity contribution in [3.63, 3.8) is 0 Å².